The average Bonchev–Trinajstić information content (AvgIpc) is 2.31. The van der Waals surface area contributed by atoms with Crippen LogP contribution in [0.5, 0.6) is 0 Å². The maximum atomic E-state index is 12.7. The molecule has 0 bridgehead atoms. The molecule has 0 radical (unpaired) electrons. The van der Waals surface area contributed by atoms with E-state index in [2.05, 4.69) is 21.8 Å². The highest BCUT2D eigenvalue weighted by molar-refractivity contribution is 5.31. The van der Waals surface area contributed by atoms with Gasteiger partial charge >= 0.3 is 0 Å². The van der Waals surface area contributed by atoms with Gasteiger partial charge in [-0.25, -0.2) is 14.4 Å². The van der Waals surface area contributed by atoms with Crippen LogP contribution in [-0.2, 0) is 0 Å². The summed E-state index contributed by atoms with van der Waals surface area (Å²) in [5.74, 6) is 0.695. The summed E-state index contributed by atoms with van der Waals surface area (Å²) in [7, 11) is 0. The molecule has 5 heteroatoms. The fraction of sp³-hybridized carbons (Fsp3) is 0.636. The number of nitrogens with zero attached hydrogens (tertiary/aromatic N) is 3. The van der Waals surface area contributed by atoms with E-state index in [1.807, 2.05) is 0 Å². The minimum absolute atomic E-state index is 0.397. The van der Waals surface area contributed by atoms with Crippen LogP contribution in [0.4, 0.5) is 10.3 Å². The maximum absolute atomic E-state index is 12.7. The average molecular weight is 224 g/mol. The molecule has 1 aromatic heterocycles. The predicted molar refractivity (Wildman–Crippen MR) is 60.6 cm³/mol. The van der Waals surface area contributed by atoms with Crippen molar-refractivity contribution in [2.45, 2.75) is 25.8 Å². The van der Waals surface area contributed by atoms with Crippen LogP contribution in [0.2, 0.25) is 0 Å². The second-order valence-electron chi connectivity index (χ2n) is 4.38. The van der Waals surface area contributed by atoms with Gasteiger partial charge in [0.05, 0.1) is 12.4 Å². The zero-order valence-electron chi connectivity index (χ0n) is 9.43. The smallest absolute Gasteiger partial charge is 0.225 e. The molecule has 16 heavy (non-hydrogen) atoms. The van der Waals surface area contributed by atoms with Crippen molar-refractivity contribution < 1.29 is 4.39 Å². The highest BCUT2D eigenvalue weighted by atomic mass is 19.1. The fourth-order valence-electron chi connectivity index (χ4n) is 2.11. The van der Waals surface area contributed by atoms with Gasteiger partial charge in [0.1, 0.15) is 0 Å². The van der Waals surface area contributed by atoms with Gasteiger partial charge in [0.25, 0.3) is 0 Å². The lowest BCUT2D eigenvalue weighted by Gasteiger charge is -2.37. The van der Waals surface area contributed by atoms with Gasteiger partial charge in [-0.1, -0.05) is 0 Å². The molecule has 0 spiro atoms. The Morgan fingerprint density at radius 2 is 2.12 bits per heavy atom. The van der Waals surface area contributed by atoms with Crippen molar-refractivity contribution in [3.63, 3.8) is 0 Å². The summed E-state index contributed by atoms with van der Waals surface area (Å²) in [6.45, 7) is 3.69. The van der Waals surface area contributed by atoms with E-state index in [1.165, 1.54) is 12.4 Å². The molecule has 88 valence electrons. The first-order valence-electron chi connectivity index (χ1n) is 5.65. The van der Waals surface area contributed by atoms with Crippen LogP contribution in [-0.4, -0.2) is 29.1 Å². The molecule has 2 atom stereocenters. The molecule has 1 aliphatic rings. The topological polar surface area (TPSA) is 55.0 Å². The lowest BCUT2D eigenvalue weighted by molar-refractivity contribution is 0.369. The van der Waals surface area contributed by atoms with Crippen molar-refractivity contribution in [2.24, 2.45) is 11.7 Å². The Balaban J connectivity index is 2.14. The summed E-state index contributed by atoms with van der Waals surface area (Å²) >= 11 is 0. The first kappa shape index (κ1) is 11.3. The highest BCUT2D eigenvalue weighted by Gasteiger charge is 2.26. The lowest BCUT2D eigenvalue weighted by Crippen LogP contribution is -2.44. The number of aromatic nitrogens is 2. The van der Waals surface area contributed by atoms with E-state index in [4.69, 9.17) is 5.73 Å². The van der Waals surface area contributed by atoms with Crippen LogP contribution in [0.3, 0.4) is 0 Å². The summed E-state index contributed by atoms with van der Waals surface area (Å²) in [5, 5.41) is 0. The minimum atomic E-state index is -0.399. The quantitative estimate of drug-likeness (QED) is 0.819. The minimum Gasteiger partial charge on any atom is -0.338 e. The molecule has 2 heterocycles. The van der Waals surface area contributed by atoms with E-state index >= 15 is 0 Å². The molecule has 4 nitrogen and oxygen atoms in total. The molecule has 2 rings (SSSR count). The number of halogens is 1. The number of anilines is 1. The Morgan fingerprint density at radius 3 is 2.75 bits per heavy atom. The van der Waals surface area contributed by atoms with Crippen molar-refractivity contribution in [1.29, 1.82) is 0 Å². The molecule has 2 N–H and O–H groups in total. The summed E-state index contributed by atoms with van der Waals surface area (Å²) in [6, 6.07) is 0.397. The molecule has 1 fully saturated rings. The summed E-state index contributed by atoms with van der Waals surface area (Å²) < 4.78 is 12.7. The standard InChI is InChI=1S/C11H17FN4/c1-8-2-3-9(4-13)7-16(8)11-14-5-10(12)6-15-11/h5-6,8-9H,2-4,7,13H2,1H3. The van der Waals surface area contributed by atoms with Crippen LogP contribution in [0, 0.1) is 11.7 Å². The maximum Gasteiger partial charge on any atom is 0.225 e. The van der Waals surface area contributed by atoms with Gasteiger partial charge in [-0.2, -0.15) is 0 Å². The number of nitrogens with two attached hydrogens (primary N) is 1. The molecule has 1 aromatic rings. The first-order chi connectivity index (χ1) is 7.70. The summed E-state index contributed by atoms with van der Waals surface area (Å²) in [6.07, 6.45) is 4.65. The number of hydrogen-bond donors (Lipinski definition) is 1. The Bertz CT molecular complexity index is 340. The largest absolute Gasteiger partial charge is 0.338 e. The second kappa shape index (κ2) is 4.74. The van der Waals surface area contributed by atoms with Crippen LogP contribution in [0.15, 0.2) is 12.4 Å². The second-order valence-corrected chi connectivity index (χ2v) is 4.38. The molecule has 0 aliphatic carbocycles. The van der Waals surface area contributed by atoms with Crippen molar-refractivity contribution in [2.75, 3.05) is 18.0 Å². The van der Waals surface area contributed by atoms with Crippen molar-refractivity contribution in [3.8, 4) is 0 Å². The van der Waals surface area contributed by atoms with E-state index in [0.717, 1.165) is 19.4 Å². The van der Waals surface area contributed by atoms with Gasteiger partial charge in [-0.05, 0) is 32.2 Å². The van der Waals surface area contributed by atoms with Crippen molar-refractivity contribution in [3.05, 3.63) is 18.2 Å². The lowest BCUT2D eigenvalue weighted by atomic mass is 9.94. The van der Waals surface area contributed by atoms with Gasteiger partial charge in [0.15, 0.2) is 5.82 Å². The molecule has 1 aliphatic heterocycles. The van der Waals surface area contributed by atoms with E-state index in [0.29, 0.717) is 24.5 Å². The Morgan fingerprint density at radius 1 is 1.44 bits per heavy atom. The zero-order chi connectivity index (χ0) is 11.5. The third kappa shape index (κ3) is 2.29. The Labute approximate surface area is 94.7 Å². The SMILES string of the molecule is CC1CCC(CN)CN1c1ncc(F)cn1. The first-order valence-corrected chi connectivity index (χ1v) is 5.65. The van der Waals surface area contributed by atoms with Crippen molar-refractivity contribution >= 4 is 5.95 Å². The Hall–Kier alpha value is -1.23. The highest BCUT2D eigenvalue weighted by Crippen LogP contribution is 2.24. The molecule has 0 aromatic carbocycles. The molecular formula is C11H17FN4. The predicted octanol–water partition coefficient (Wildman–Crippen LogP) is 1.18. The molecule has 0 amide bonds. The number of piperidine rings is 1. The third-order valence-corrected chi connectivity index (χ3v) is 3.18. The van der Waals surface area contributed by atoms with Gasteiger partial charge in [-0.3, -0.25) is 0 Å². The Kier molecular flexibility index (Phi) is 3.33. The molecule has 0 saturated carbocycles. The van der Waals surface area contributed by atoms with Gasteiger partial charge < -0.3 is 10.6 Å². The van der Waals surface area contributed by atoms with E-state index in [-0.39, 0.29) is 0 Å². The van der Waals surface area contributed by atoms with E-state index < -0.39 is 5.82 Å². The monoisotopic (exact) mass is 224 g/mol. The van der Waals surface area contributed by atoms with Crippen molar-refractivity contribution in [1.82, 2.24) is 9.97 Å². The zero-order valence-corrected chi connectivity index (χ0v) is 9.43. The fourth-order valence-corrected chi connectivity index (χ4v) is 2.11. The number of rotatable bonds is 2. The number of hydrogen-bond acceptors (Lipinski definition) is 4. The third-order valence-electron chi connectivity index (χ3n) is 3.18. The van der Waals surface area contributed by atoms with Crippen LogP contribution < -0.4 is 10.6 Å². The van der Waals surface area contributed by atoms with E-state index in [1.54, 1.807) is 0 Å². The molecule has 1 saturated heterocycles. The summed E-state index contributed by atoms with van der Waals surface area (Å²) in [4.78, 5) is 10.2. The van der Waals surface area contributed by atoms with Crippen LogP contribution in [0.1, 0.15) is 19.8 Å². The van der Waals surface area contributed by atoms with Crippen LogP contribution >= 0.6 is 0 Å². The molecule has 2 unspecified atom stereocenters. The van der Waals surface area contributed by atoms with Gasteiger partial charge in [-0.15, -0.1) is 0 Å². The summed E-state index contributed by atoms with van der Waals surface area (Å²) in [5.41, 5.74) is 5.69. The van der Waals surface area contributed by atoms with Gasteiger partial charge in [0.2, 0.25) is 5.95 Å². The molecular weight excluding hydrogens is 207 g/mol. The normalized spacial score (nSPS) is 25.8. The van der Waals surface area contributed by atoms with E-state index in [9.17, 15) is 4.39 Å². The van der Waals surface area contributed by atoms with Crippen LogP contribution in [0.25, 0.3) is 0 Å². The van der Waals surface area contributed by atoms with Gasteiger partial charge in [0, 0.05) is 12.6 Å².